The van der Waals surface area contributed by atoms with Crippen molar-refractivity contribution in [2.45, 2.75) is 13.5 Å². The summed E-state index contributed by atoms with van der Waals surface area (Å²) < 4.78 is 0.871. The lowest BCUT2D eigenvalue weighted by Gasteiger charge is -2.10. The van der Waals surface area contributed by atoms with Crippen molar-refractivity contribution in [2.24, 2.45) is 0 Å². The first-order valence-corrected chi connectivity index (χ1v) is 6.96. The van der Waals surface area contributed by atoms with Gasteiger partial charge in [-0.1, -0.05) is 17.7 Å². The molecule has 0 saturated carbocycles. The fourth-order valence-electron chi connectivity index (χ4n) is 1.77. The van der Waals surface area contributed by atoms with Gasteiger partial charge in [0.1, 0.15) is 0 Å². The largest absolute Gasteiger partial charge is 0.381 e. The summed E-state index contributed by atoms with van der Waals surface area (Å²) in [7, 11) is 0. The van der Waals surface area contributed by atoms with E-state index in [1.54, 1.807) is 0 Å². The van der Waals surface area contributed by atoms with Crippen molar-refractivity contribution in [3.05, 3.63) is 62.6 Å². The van der Waals surface area contributed by atoms with Gasteiger partial charge in [-0.15, -0.1) is 0 Å². The highest BCUT2D eigenvalue weighted by molar-refractivity contribution is 9.10. The van der Waals surface area contributed by atoms with Crippen LogP contribution in [-0.2, 0) is 6.54 Å². The van der Waals surface area contributed by atoms with Gasteiger partial charge in [0.05, 0.1) is 16.7 Å². The second-order valence-corrected chi connectivity index (χ2v) is 5.50. The summed E-state index contributed by atoms with van der Waals surface area (Å²) in [4.78, 5) is 0. The number of anilines is 1. The average molecular weight is 336 g/mol. The van der Waals surface area contributed by atoms with Crippen molar-refractivity contribution in [1.82, 2.24) is 0 Å². The minimum Gasteiger partial charge on any atom is -0.381 e. The number of halogens is 2. The van der Waals surface area contributed by atoms with Crippen LogP contribution in [0.15, 0.2) is 40.9 Å². The predicted octanol–water partition coefficient (Wildman–Crippen LogP) is 4.89. The van der Waals surface area contributed by atoms with Crippen molar-refractivity contribution in [2.75, 3.05) is 5.32 Å². The Morgan fingerprint density at radius 1 is 1.26 bits per heavy atom. The molecule has 0 amide bonds. The Balaban J connectivity index is 2.10. The minimum absolute atomic E-state index is 0.690. The summed E-state index contributed by atoms with van der Waals surface area (Å²) in [6, 6.07) is 13.6. The van der Waals surface area contributed by atoms with Crippen LogP contribution in [0.5, 0.6) is 0 Å². The molecule has 0 aliphatic carbocycles. The minimum atomic E-state index is 0.690. The zero-order chi connectivity index (χ0) is 13.8. The van der Waals surface area contributed by atoms with Crippen LogP contribution in [0.1, 0.15) is 16.7 Å². The smallest absolute Gasteiger partial charge is 0.0991 e. The van der Waals surface area contributed by atoms with Crippen LogP contribution in [0.2, 0.25) is 5.02 Å². The molecule has 96 valence electrons. The Morgan fingerprint density at radius 3 is 2.68 bits per heavy atom. The maximum Gasteiger partial charge on any atom is 0.0991 e. The zero-order valence-electron chi connectivity index (χ0n) is 10.4. The molecule has 2 nitrogen and oxygen atoms in total. The second-order valence-electron chi connectivity index (χ2n) is 4.24. The van der Waals surface area contributed by atoms with Gasteiger partial charge in [0.25, 0.3) is 0 Å². The van der Waals surface area contributed by atoms with Crippen molar-refractivity contribution >= 4 is 33.2 Å². The van der Waals surface area contributed by atoms with E-state index in [0.29, 0.717) is 17.1 Å². The highest BCUT2D eigenvalue weighted by atomic mass is 79.9. The number of nitrogens with one attached hydrogen (secondary N) is 1. The van der Waals surface area contributed by atoms with Gasteiger partial charge in [0.15, 0.2) is 0 Å². The number of benzene rings is 2. The van der Waals surface area contributed by atoms with Crippen LogP contribution in [0.3, 0.4) is 0 Å². The van der Waals surface area contributed by atoms with Crippen LogP contribution in [0.4, 0.5) is 5.69 Å². The lowest BCUT2D eigenvalue weighted by Crippen LogP contribution is -2.01. The normalized spacial score (nSPS) is 10.0. The third-order valence-corrected chi connectivity index (χ3v) is 4.09. The molecule has 4 heteroatoms. The number of hydrogen-bond donors (Lipinski definition) is 1. The molecular weight excluding hydrogens is 324 g/mol. The summed E-state index contributed by atoms with van der Waals surface area (Å²) in [5.41, 5.74) is 3.97. The van der Waals surface area contributed by atoms with Gasteiger partial charge in [0, 0.05) is 16.7 Å². The highest BCUT2D eigenvalue weighted by Crippen LogP contribution is 2.26. The Hall–Kier alpha value is -1.50. The van der Waals surface area contributed by atoms with Crippen molar-refractivity contribution < 1.29 is 0 Å². The predicted molar refractivity (Wildman–Crippen MR) is 82.4 cm³/mol. The lowest BCUT2D eigenvalue weighted by atomic mass is 10.1. The van der Waals surface area contributed by atoms with Crippen LogP contribution < -0.4 is 5.32 Å². The second kappa shape index (κ2) is 6.10. The average Bonchev–Trinajstić information content (AvgIpc) is 2.41. The zero-order valence-corrected chi connectivity index (χ0v) is 12.7. The molecule has 0 bridgehead atoms. The third kappa shape index (κ3) is 3.50. The first-order valence-electron chi connectivity index (χ1n) is 5.78. The topological polar surface area (TPSA) is 35.8 Å². The third-order valence-electron chi connectivity index (χ3n) is 2.87. The van der Waals surface area contributed by atoms with Crippen molar-refractivity contribution in [3.63, 3.8) is 0 Å². The quantitative estimate of drug-likeness (QED) is 0.866. The molecule has 0 heterocycles. The Kier molecular flexibility index (Phi) is 4.47. The van der Waals surface area contributed by atoms with Gasteiger partial charge in [-0.25, -0.2) is 0 Å². The van der Waals surface area contributed by atoms with E-state index in [9.17, 15) is 0 Å². The number of nitriles is 1. The van der Waals surface area contributed by atoms with Crippen LogP contribution in [0, 0.1) is 18.3 Å². The number of rotatable bonds is 3. The molecule has 0 aromatic heterocycles. The van der Waals surface area contributed by atoms with E-state index in [2.05, 4.69) is 27.3 Å². The van der Waals surface area contributed by atoms with Gasteiger partial charge in [-0.05, 0) is 64.3 Å². The molecule has 2 aromatic rings. The summed E-state index contributed by atoms with van der Waals surface area (Å²) in [5.74, 6) is 0. The Labute approximate surface area is 126 Å². The molecule has 0 atom stereocenters. The standard InChI is InChI=1S/C15H12BrClN2/c1-10-6-11(8-18)2-3-12(10)9-19-13-4-5-15(17)14(16)7-13/h2-7,19H,9H2,1H3. The molecule has 0 aliphatic rings. The molecule has 1 N–H and O–H groups in total. The fraction of sp³-hybridized carbons (Fsp3) is 0.133. The SMILES string of the molecule is Cc1cc(C#N)ccc1CNc1ccc(Cl)c(Br)c1. The number of hydrogen-bond acceptors (Lipinski definition) is 2. The van der Waals surface area contributed by atoms with Gasteiger partial charge in [-0.3, -0.25) is 0 Å². The van der Waals surface area contributed by atoms with E-state index < -0.39 is 0 Å². The molecule has 0 radical (unpaired) electrons. The maximum absolute atomic E-state index is 8.83. The molecule has 0 fully saturated rings. The monoisotopic (exact) mass is 334 g/mol. The molecule has 0 aliphatic heterocycles. The summed E-state index contributed by atoms with van der Waals surface area (Å²) >= 11 is 9.35. The molecule has 19 heavy (non-hydrogen) atoms. The van der Waals surface area contributed by atoms with Gasteiger partial charge in [-0.2, -0.15) is 5.26 Å². The lowest BCUT2D eigenvalue weighted by molar-refractivity contribution is 1.12. The van der Waals surface area contributed by atoms with E-state index in [1.807, 2.05) is 43.3 Å². The van der Waals surface area contributed by atoms with Crippen LogP contribution >= 0.6 is 27.5 Å². The van der Waals surface area contributed by atoms with Crippen LogP contribution in [0.25, 0.3) is 0 Å². The molecule has 2 rings (SSSR count). The van der Waals surface area contributed by atoms with E-state index >= 15 is 0 Å². The first kappa shape index (κ1) is 13.9. The van der Waals surface area contributed by atoms with Crippen LogP contribution in [-0.4, -0.2) is 0 Å². The summed E-state index contributed by atoms with van der Waals surface area (Å²) in [6.07, 6.45) is 0. The molecular formula is C15H12BrClN2. The van der Waals surface area contributed by atoms with E-state index in [1.165, 1.54) is 5.56 Å². The van der Waals surface area contributed by atoms with Crippen molar-refractivity contribution in [3.8, 4) is 6.07 Å². The van der Waals surface area contributed by atoms with Crippen molar-refractivity contribution in [1.29, 1.82) is 5.26 Å². The molecule has 0 saturated heterocycles. The number of aryl methyl sites for hydroxylation is 1. The van der Waals surface area contributed by atoms with Gasteiger partial charge >= 0.3 is 0 Å². The summed E-state index contributed by atoms with van der Waals surface area (Å²) in [5, 5.41) is 12.9. The number of nitrogens with zero attached hydrogens (tertiary/aromatic N) is 1. The van der Waals surface area contributed by atoms with E-state index in [0.717, 1.165) is 15.7 Å². The molecule has 0 spiro atoms. The fourth-order valence-corrected chi connectivity index (χ4v) is 2.26. The first-order chi connectivity index (χ1) is 9.10. The Bertz CT molecular complexity index is 647. The van der Waals surface area contributed by atoms with Gasteiger partial charge in [0.2, 0.25) is 0 Å². The van der Waals surface area contributed by atoms with E-state index in [4.69, 9.17) is 16.9 Å². The van der Waals surface area contributed by atoms with E-state index in [-0.39, 0.29) is 0 Å². The molecule has 0 unspecified atom stereocenters. The molecule has 2 aromatic carbocycles. The maximum atomic E-state index is 8.83. The summed E-state index contributed by atoms with van der Waals surface area (Å²) in [6.45, 7) is 2.72. The Morgan fingerprint density at radius 2 is 2.05 bits per heavy atom. The highest BCUT2D eigenvalue weighted by Gasteiger charge is 2.02. The van der Waals surface area contributed by atoms with Gasteiger partial charge < -0.3 is 5.32 Å².